The molecule has 26 heavy (non-hydrogen) atoms. The highest BCUT2D eigenvalue weighted by molar-refractivity contribution is 5.31. The Kier molecular flexibility index (Phi) is 3.82. The van der Waals surface area contributed by atoms with Crippen LogP contribution in [0, 0.1) is 28.6 Å². The van der Waals surface area contributed by atoms with Gasteiger partial charge in [-0.1, -0.05) is 37.6 Å². The standard InChI is InChI=1S/C23H35NO2/c1-21-11-4-3-7-16(21)8-9-17-18(21)10-12-22(2)19(17)15-23(25,26)20(22)24-13-5-6-14-24/h4,8,11,17-20,25-26H,3,5-7,9-10,12-15H2,1-2H3/t17-,18-,19+,20?,21+,22+/m1/s1. The van der Waals surface area contributed by atoms with Crippen molar-refractivity contribution < 1.29 is 10.2 Å². The average Bonchev–Trinajstić information content (AvgIpc) is 3.16. The molecule has 1 unspecified atom stereocenters. The van der Waals surface area contributed by atoms with Crippen LogP contribution in [0.3, 0.4) is 0 Å². The van der Waals surface area contributed by atoms with Gasteiger partial charge < -0.3 is 10.2 Å². The summed E-state index contributed by atoms with van der Waals surface area (Å²) in [5, 5.41) is 22.2. The summed E-state index contributed by atoms with van der Waals surface area (Å²) in [4.78, 5) is 2.41. The molecular formula is C23H35NO2. The number of aliphatic hydroxyl groups is 2. The van der Waals surface area contributed by atoms with Gasteiger partial charge in [-0.2, -0.15) is 0 Å². The summed E-state index contributed by atoms with van der Waals surface area (Å²) in [7, 11) is 0. The minimum absolute atomic E-state index is 0.0368. The van der Waals surface area contributed by atoms with Crippen molar-refractivity contribution in [3.8, 4) is 0 Å². The van der Waals surface area contributed by atoms with E-state index in [0.29, 0.717) is 24.2 Å². The fraction of sp³-hybridized carbons (Fsp3) is 0.826. The molecule has 0 spiro atoms. The molecule has 4 aliphatic carbocycles. The minimum atomic E-state index is -1.52. The van der Waals surface area contributed by atoms with Crippen LogP contribution in [0.1, 0.15) is 65.2 Å². The SMILES string of the molecule is C[C@]12C=CCCC1=CC[C@@H]1[C@H]2CC[C@]2(C)C(N3CCCC3)C(O)(O)C[C@@H]12. The monoisotopic (exact) mass is 357 g/mol. The first-order chi connectivity index (χ1) is 12.4. The minimum Gasteiger partial charge on any atom is -0.364 e. The quantitative estimate of drug-likeness (QED) is 0.553. The van der Waals surface area contributed by atoms with Crippen molar-refractivity contribution in [2.24, 2.45) is 28.6 Å². The third-order valence-corrected chi connectivity index (χ3v) is 9.11. The van der Waals surface area contributed by atoms with Crippen molar-refractivity contribution in [3.63, 3.8) is 0 Å². The molecule has 144 valence electrons. The lowest BCUT2D eigenvalue weighted by molar-refractivity contribution is -0.202. The molecule has 0 radical (unpaired) electrons. The Balaban J connectivity index is 1.52. The summed E-state index contributed by atoms with van der Waals surface area (Å²) in [5.41, 5.74) is 1.90. The molecule has 0 aromatic rings. The van der Waals surface area contributed by atoms with E-state index in [1.165, 1.54) is 32.1 Å². The zero-order valence-corrected chi connectivity index (χ0v) is 16.5. The van der Waals surface area contributed by atoms with Gasteiger partial charge >= 0.3 is 0 Å². The fourth-order valence-corrected chi connectivity index (χ4v) is 8.01. The summed E-state index contributed by atoms with van der Waals surface area (Å²) in [6.45, 7) is 6.90. The van der Waals surface area contributed by atoms with E-state index < -0.39 is 5.79 Å². The lowest BCUT2D eigenvalue weighted by atomic mass is 9.49. The Bertz CT molecular complexity index is 647. The van der Waals surface area contributed by atoms with E-state index in [0.717, 1.165) is 25.9 Å². The molecule has 3 nitrogen and oxygen atoms in total. The van der Waals surface area contributed by atoms with Gasteiger partial charge in [-0.25, -0.2) is 0 Å². The molecule has 0 aromatic carbocycles. The molecule has 1 saturated heterocycles. The van der Waals surface area contributed by atoms with Crippen LogP contribution in [0.25, 0.3) is 0 Å². The van der Waals surface area contributed by atoms with Gasteiger partial charge in [0.15, 0.2) is 5.79 Å². The summed E-state index contributed by atoms with van der Waals surface area (Å²) < 4.78 is 0. The number of allylic oxidation sites excluding steroid dienone is 4. The van der Waals surface area contributed by atoms with E-state index in [1.54, 1.807) is 5.57 Å². The molecule has 1 aliphatic heterocycles. The third kappa shape index (κ3) is 2.23. The topological polar surface area (TPSA) is 43.7 Å². The predicted molar refractivity (Wildman–Crippen MR) is 103 cm³/mol. The first kappa shape index (κ1) is 17.5. The van der Waals surface area contributed by atoms with E-state index >= 15 is 0 Å². The highest BCUT2D eigenvalue weighted by Gasteiger charge is 2.66. The second-order valence-electron chi connectivity index (χ2n) is 10.3. The maximum Gasteiger partial charge on any atom is 0.179 e. The van der Waals surface area contributed by atoms with Crippen LogP contribution >= 0.6 is 0 Å². The Hall–Kier alpha value is -0.640. The van der Waals surface area contributed by atoms with Gasteiger partial charge in [0.25, 0.3) is 0 Å². The molecule has 3 heteroatoms. The molecule has 5 aliphatic rings. The maximum atomic E-state index is 11.1. The maximum absolute atomic E-state index is 11.1. The molecule has 0 aromatic heterocycles. The number of likely N-dealkylation sites (tertiary alicyclic amines) is 1. The Morgan fingerprint density at radius 2 is 1.88 bits per heavy atom. The van der Waals surface area contributed by atoms with Gasteiger partial charge in [-0.3, -0.25) is 4.90 Å². The Morgan fingerprint density at radius 1 is 1.12 bits per heavy atom. The number of nitrogens with zero attached hydrogens (tertiary/aromatic N) is 1. The van der Waals surface area contributed by atoms with Crippen molar-refractivity contribution in [1.29, 1.82) is 0 Å². The van der Waals surface area contributed by atoms with Crippen LogP contribution in [-0.4, -0.2) is 40.0 Å². The molecule has 0 bridgehead atoms. The van der Waals surface area contributed by atoms with Crippen LogP contribution in [0.2, 0.25) is 0 Å². The fourth-order valence-electron chi connectivity index (χ4n) is 8.01. The number of hydrogen-bond acceptors (Lipinski definition) is 3. The lowest BCUT2D eigenvalue weighted by Gasteiger charge is -2.56. The molecule has 1 heterocycles. The van der Waals surface area contributed by atoms with Crippen LogP contribution in [0.4, 0.5) is 0 Å². The number of fused-ring (bicyclic) bond motifs is 5. The molecule has 5 rings (SSSR count). The van der Waals surface area contributed by atoms with Gasteiger partial charge in [0, 0.05) is 11.8 Å². The highest BCUT2D eigenvalue weighted by atomic mass is 16.5. The summed E-state index contributed by atoms with van der Waals surface area (Å²) in [5.74, 6) is 0.167. The van der Waals surface area contributed by atoms with Gasteiger partial charge in [-0.15, -0.1) is 0 Å². The van der Waals surface area contributed by atoms with Crippen LogP contribution < -0.4 is 0 Å². The van der Waals surface area contributed by atoms with Gasteiger partial charge in [0.1, 0.15) is 0 Å². The van der Waals surface area contributed by atoms with Gasteiger partial charge in [0.2, 0.25) is 0 Å². The van der Waals surface area contributed by atoms with Crippen LogP contribution in [0.5, 0.6) is 0 Å². The van der Waals surface area contributed by atoms with E-state index in [9.17, 15) is 10.2 Å². The normalized spacial score (nSPS) is 50.1. The van der Waals surface area contributed by atoms with Crippen molar-refractivity contribution in [2.75, 3.05) is 13.1 Å². The smallest absolute Gasteiger partial charge is 0.179 e. The summed E-state index contributed by atoms with van der Waals surface area (Å²) >= 11 is 0. The third-order valence-electron chi connectivity index (χ3n) is 9.11. The largest absolute Gasteiger partial charge is 0.364 e. The second-order valence-corrected chi connectivity index (χ2v) is 10.3. The van der Waals surface area contributed by atoms with E-state index in [1.807, 2.05) is 0 Å². The predicted octanol–water partition coefficient (Wildman–Crippen LogP) is 3.87. The molecular weight excluding hydrogens is 322 g/mol. The first-order valence-corrected chi connectivity index (χ1v) is 10.9. The molecule has 2 saturated carbocycles. The van der Waals surface area contributed by atoms with Crippen LogP contribution in [0.15, 0.2) is 23.8 Å². The van der Waals surface area contributed by atoms with Crippen molar-refractivity contribution in [2.45, 2.75) is 77.0 Å². The van der Waals surface area contributed by atoms with Crippen molar-refractivity contribution >= 4 is 0 Å². The zero-order valence-electron chi connectivity index (χ0n) is 16.5. The van der Waals surface area contributed by atoms with Gasteiger partial charge in [0.05, 0.1) is 6.04 Å². The average molecular weight is 358 g/mol. The second kappa shape index (κ2) is 5.68. The number of rotatable bonds is 1. The molecule has 2 N–H and O–H groups in total. The zero-order chi connectivity index (χ0) is 18.2. The van der Waals surface area contributed by atoms with Crippen molar-refractivity contribution in [1.82, 2.24) is 4.90 Å². The van der Waals surface area contributed by atoms with E-state index in [-0.39, 0.29) is 16.9 Å². The van der Waals surface area contributed by atoms with Gasteiger partial charge in [-0.05, 0) is 81.2 Å². The van der Waals surface area contributed by atoms with Crippen molar-refractivity contribution in [3.05, 3.63) is 23.8 Å². The molecule has 3 fully saturated rings. The van der Waals surface area contributed by atoms with E-state index in [4.69, 9.17) is 0 Å². The lowest BCUT2D eigenvalue weighted by Crippen LogP contribution is -2.57. The Morgan fingerprint density at radius 3 is 2.65 bits per heavy atom. The molecule has 0 amide bonds. The Labute approximate surface area is 158 Å². The van der Waals surface area contributed by atoms with E-state index in [2.05, 4.69) is 37.0 Å². The first-order valence-electron chi connectivity index (χ1n) is 10.9. The summed E-state index contributed by atoms with van der Waals surface area (Å²) in [6.07, 6.45) is 16.3. The van der Waals surface area contributed by atoms with Crippen LogP contribution in [-0.2, 0) is 0 Å². The number of hydrogen-bond donors (Lipinski definition) is 2. The molecule has 6 atom stereocenters. The summed E-state index contributed by atoms with van der Waals surface area (Å²) in [6, 6.07) is -0.0801. The highest BCUT2D eigenvalue weighted by Crippen LogP contribution is 2.66.